The molecule has 0 spiro atoms. The van der Waals surface area contributed by atoms with Crippen LogP contribution < -0.4 is 4.74 Å². The molecule has 1 saturated heterocycles. The van der Waals surface area contributed by atoms with Gasteiger partial charge in [0.25, 0.3) is 0 Å². The lowest BCUT2D eigenvalue weighted by atomic mass is 9.78. The normalized spacial score (nSPS) is 21.9. The summed E-state index contributed by atoms with van der Waals surface area (Å²) in [5, 5.41) is 0. The highest BCUT2D eigenvalue weighted by molar-refractivity contribution is 14.1. The molecular formula is C33H31F9INO3. The highest BCUT2D eigenvalue weighted by Crippen LogP contribution is 2.48. The van der Waals surface area contributed by atoms with E-state index in [9.17, 15) is 44.3 Å². The number of hydrogen-bond acceptors (Lipinski definition) is 3. The maximum atomic E-state index is 13.8. The van der Waals surface area contributed by atoms with Crippen LogP contribution in [0.3, 0.4) is 0 Å². The minimum Gasteiger partial charge on any atom is -0.496 e. The second-order valence-electron chi connectivity index (χ2n) is 12.0. The van der Waals surface area contributed by atoms with Crippen molar-refractivity contribution < 1.29 is 53.8 Å². The van der Waals surface area contributed by atoms with Gasteiger partial charge in [0.1, 0.15) is 11.9 Å². The van der Waals surface area contributed by atoms with Crippen LogP contribution >= 0.6 is 22.6 Å². The number of amides is 1. The molecule has 1 amide bonds. The van der Waals surface area contributed by atoms with Crippen molar-refractivity contribution >= 4 is 34.3 Å². The van der Waals surface area contributed by atoms with Gasteiger partial charge in [0.2, 0.25) is 0 Å². The summed E-state index contributed by atoms with van der Waals surface area (Å²) in [7, 11) is 1.27. The van der Waals surface area contributed by atoms with Gasteiger partial charge in [-0.15, -0.1) is 0 Å². The fourth-order valence-corrected chi connectivity index (χ4v) is 7.58. The van der Waals surface area contributed by atoms with Gasteiger partial charge in [-0.3, -0.25) is 4.90 Å². The Labute approximate surface area is 279 Å². The molecule has 1 aliphatic heterocycles. The third-order valence-electron chi connectivity index (χ3n) is 8.97. The monoisotopic (exact) mass is 787 g/mol. The van der Waals surface area contributed by atoms with E-state index in [1.54, 1.807) is 22.6 Å². The Balaban J connectivity index is 1.66. The zero-order chi connectivity index (χ0) is 34.5. The SMILES string of the molecule is COc1cc(C(F)(F)F)c(I)cc1C1=C(C(C2=CCCCC2)N2C(=O)O[C@H](c3cc(C(F)(F)F)cc(C(F)(F)F)c3)[C@@H]2C)CCCC1. The average Bonchev–Trinajstić information content (AvgIpc) is 3.29. The third-order valence-corrected chi connectivity index (χ3v) is 9.86. The molecule has 0 N–H and O–H groups in total. The molecule has 2 aromatic rings. The molecule has 0 bridgehead atoms. The van der Waals surface area contributed by atoms with Crippen LogP contribution in [-0.2, 0) is 23.3 Å². The molecule has 1 unspecified atom stereocenters. The number of methoxy groups -OCH3 is 1. The van der Waals surface area contributed by atoms with Gasteiger partial charge in [-0.2, -0.15) is 39.5 Å². The van der Waals surface area contributed by atoms with Crippen LogP contribution in [0, 0.1) is 3.57 Å². The molecule has 14 heteroatoms. The molecule has 47 heavy (non-hydrogen) atoms. The Hall–Kier alpha value is -2.91. The quantitative estimate of drug-likeness (QED) is 0.166. The summed E-state index contributed by atoms with van der Waals surface area (Å²) < 4.78 is 134. The molecule has 5 rings (SSSR count). The first-order valence-electron chi connectivity index (χ1n) is 15.1. The molecule has 3 aliphatic rings. The Morgan fingerprint density at radius 1 is 0.851 bits per heavy atom. The molecular weight excluding hydrogens is 756 g/mol. The van der Waals surface area contributed by atoms with E-state index in [1.807, 2.05) is 6.08 Å². The van der Waals surface area contributed by atoms with Gasteiger partial charge < -0.3 is 9.47 Å². The topological polar surface area (TPSA) is 38.8 Å². The molecule has 256 valence electrons. The summed E-state index contributed by atoms with van der Waals surface area (Å²) in [5.41, 5.74) is -1.62. The molecule has 0 radical (unpaired) electrons. The smallest absolute Gasteiger partial charge is 0.417 e. The van der Waals surface area contributed by atoms with Crippen LogP contribution in [0.1, 0.15) is 92.2 Å². The van der Waals surface area contributed by atoms with Crippen molar-refractivity contribution in [2.45, 2.75) is 95.0 Å². The van der Waals surface area contributed by atoms with E-state index in [1.165, 1.54) is 25.0 Å². The first-order valence-corrected chi connectivity index (χ1v) is 16.1. The number of nitrogens with zero attached hydrogens (tertiary/aromatic N) is 1. The van der Waals surface area contributed by atoms with Crippen LogP contribution in [-0.4, -0.2) is 30.2 Å². The minimum absolute atomic E-state index is 0.00193. The van der Waals surface area contributed by atoms with Crippen molar-refractivity contribution in [2.75, 3.05) is 7.11 Å². The molecule has 0 saturated carbocycles. The fourth-order valence-electron chi connectivity index (χ4n) is 6.81. The van der Waals surface area contributed by atoms with Gasteiger partial charge >= 0.3 is 24.6 Å². The van der Waals surface area contributed by atoms with Gasteiger partial charge in [0.15, 0.2) is 0 Å². The van der Waals surface area contributed by atoms with Gasteiger partial charge in [-0.1, -0.05) is 6.08 Å². The lowest BCUT2D eigenvalue weighted by Gasteiger charge is -2.38. The van der Waals surface area contributed by atoms with Crippen molar-refractivity contribution in [2.24, 2.45) is 0 Å². The number of hydrogen-bond donors (Lipinski definition) is 0. The predicted octanol–water partition coefficient (Wildman–Crippen LogP) is 11.1. The van der Waals surface area contributed by atoms with Crippen molar-refractivity contribution in [1.82, 2.24) is 4.90 Å². The summed E-state index contributed by atoms with van der Waals surface area (Å²) in [5.74, 6) is 0.00193. The van der Waals surface area contributed by atoms with E-state index in [-0.39, 0.29) is 15.4 Å². The Morgan fingerprint density at radius 2 is 1.47 bits per heavy atom. The molecule has 2 aliphatic carbocycles. The van der Waals surface area contributed by atoms with Gasteiger partial charge in [0.05, 0.1) is 35.9 Å². The fraction of sp³-hybridized carbons (Fsp3) is 0.485. The summed E-state index contributed by atoms with van der Waals surface area (Å²) in [6.07, 6.45) is -9.90. The lowest BCUT2D eigenvalue weighted by Crippen LogP contribution is -2.44. The van der Waals surface area contributed by atoms with E-state index in [0.717, 1.165) is 30.1 Å². The van der Waals surface area contributed by atoms with E-state index < -0.39 is 65.1 Å². The molecule has 0 aromatic heterocycles. The molecule has 2 aromatic carbocycles. The average molecular weight is 788 g/mol. The number of rotatable bonds is 6. The largest absolute Gasteiger partial charge is 0.496 e. The van der Waals surface area contributed by atoms with Crippen molar-refractivity contribution in [3.05, 3.63) is 78.9 Å². The summed E-state index contributed by atoms with van der Waals surface area (Å²) in [6, 6.07) is 1.76. The predicted molar refractivity (Wildman–Crippen MR) is 163 cm³/mol. The van der Waals surface area contributed by atoms with Crippen molar-refractivity contribution in [3.8, 4) is 5.75 Å². The zero-order valence-corrected chi connectivity index (χ0v) is 27.5. The molecule has 3 atom stereocenters. The number of cyclic esters (lactones) is 1. The molecule has 1 heterocycles. The number of allylic oxidation sites excluding steroid dienone is 2. The highest BCUT2D eigenvalue weighted by atomic mass is 127. The van der Waals surface area contributed by atoms with Crippen LogP contribution in [0.25, 0.3) is 5.57 Å². The van der Waals surface area contributed by atoms with Gasteiger partial charge in [-0.25, -0.2) is 4.79 Å². The molecule has 4 nitrogen and oxygen atoms in total. The Kier molecular flexibility index (Phi) is 9.93. The standard InChI is InChI=1S/C33H31F9INO3/c1-17-29(19-12-20(31(34,35)36)14-21(13-19)32(37,38)39)47-30(45)44(17)28(18-8-4-3-5-9-18)23-11-7-6-10-22(23)24-15-26(43)25(33(40,41)42)16-27(24)46-2/h8,12-17,28-29H,3-7,9-11H2,1-2H3/t17-,28?,29-/m0/s1. The van der Waals surface area contributed by atoms with E-state index >= 15 is 0 Å². The second kappa shape index (κ2) is 13.2. The molecule has 1 fully saturated rings. The van der Waals surface area contributed by atoms with Gasteiger partial charge in [-0.05, 0) is 133 Å². The Morgan fingerprint density at radius 3 is 2.02 bits per heavy atom. The summed E-state index contributed by atoms with van der Waals surface area (Å²) in [4.78, 5) is 15.1. The van der Waals surface area contributed by atoms with Crippen LogP contribution in [0.5, 0.6) is 5.75 Å². The third kappa shape index (κ3) is 7.26. The lowest BCUT2D eigenvalue weighted by molar-refractivity contribution is -0.143. The number of ether oxygens (including phenoxy) is 2. The first-order chi connectivity index (χ1) is 21.9. The number of alkyl halides is 9. The van der Waals surface area contributed by atoms with Crippen LogP contribution in [0.15, 0.2) is 47.6 Å². The summed E-state index contributed by atoms with van der Waals surface area (Å²) >= 11 is 1.62. The minimum atomic E-state index is -5.09. The van der Waals surface area contributed by atoms with Crippen LogP contribution in [0.4, 0.5) is 44.3 Å². The van der Waals surface area contributed by atoms with Crippen LogP contribution in [0.2, 0.25) is 0 Å². The highest BCUT2D eigenvalue weighted by Gasteiger charge is 2.48. The number of halogens is 10. The first kappa shape index (κ1) is 35.4. The van der Waals surface area contributed by atoms with E-state index in [4.69, 9.17) is 9.47 Å². The van der Waals surface area contributed by atoms with Crippen molar-refractivity contribution in [1.29, 1.82) is 0 Å². The zero-order valence-electron chi connectivity index (χ0n) is 25.3. The van der Waals surface area contributed by atoms with E-state index in [0.29, 0.717) is 61.8 Å². The Bertz CT molecular complexity index is 1560. The maximum absolute atomic E-state index is 13.8. The van der Waals surface area contributed by atoms with Crippen molar-refractivity contribution in [3.63, 3.8) is 0 Å². The maximum Gasteiger partial charge on any atom is 0.417 e. The second-order valence-corrected chi connectivity index (χ2v) is 13.1. The number of carbonyl (C=O) groups excluding carboxylic acids is 1. The number of benzene rings is 2. The number of carbonyl (C=O) groups is 1. The van der Waals surface area contributed by atoms with E-state index in [2.05, 4.69) is 0 Å². The summed E-state index contributed by atoms with van der Waals surface area (Å²) in [6.45, 7) is 1.52. The van der Waals surface area contributed by atoms with Gasteiger partial charge in [0, 0.05) is 9.13 Å².